The summed E-state index contributed by atoms with van der Waals surface area (Å²) in [5, 5.41) is 3.23. The predicted octanol–water partition coefficient (Wildman–Crippen LogP) is 1.14. The Bertz CT molecular complexity index is 452. The molecule has 6 heteroatoms. The second-order valence-corrected chi connectivity index (χ2v) is 5.04. The first-order chi connectivity index (χ1) is 9.63. The zero-order chi connectivity index (χ0) is 14.5. The number of carbonyl (C=O) groups is 1. The third kappa shape index (κ3) is 3.37. The van der Waals surface area contributed by atoms with Crippen molar-refractivity contribution >= 4 is 17.5 Å². The number of hydrogen-bond acceptors (Lipinski definition) is 5. The lowest BCUT2D eigenvalue weighted by Crippen LogP contribution is -2.48. The molecule has 110 valence electrons. The summed E-state index contributed by atoms with van der Waals surface area (Å²) in [4.78, 5) is 24.7. The smallest absolute Gasteiger partial charge is 0.241 e. The second kappa shape index (κ2) is 6.54. The Morgan fingerprint density at radius 2 is 2.10 bits per heavy atom. The fourth-order valence-corrected chi connectivity index (χ4v) is 2.21. The van der Waals surface area contributed by atoms with E-state index in [0.717, 1.165) is 49.9 Å². The molecular weight excluding hydrogens is 254 g/mol. The van der Waals surface area contributed by atoms with Gasteiger partial charge in [0.05, 0.1) is 6.54 Å². The summed E-state index contributed by atoms with van der Waals surface area (Å²) in [7, 11) is 1.84. The van der Waals surface area contributed by atoms with E-state index in [9.17, 15) is 4.79 Å². The van der Waals surface area contributed by atoms with E-state index in [1.54, 1.807) is 4.90 Å². The molecule has 0 radical (unpaired) electrons. The third-order valence-electron chi connectivity index (χ3n) is 3.37. The molecule has 0 bridgehead atoms. The van der Waals surface area contributed by atoms with Gasteiger partial charge in [0.1, 0.15) is 17.5 Å². The number of aromatic nitrogens is 2. The first kappa shape index (κ1) is 14.6. The van der Waals surface area contributed by atoms with Crippen molar-refractivity contribution in [2.75, 3.05) is 43.4 Å². The van der Waals surface area contributed by atoms with E-state index >= 15 is 0 Å². The van der Waals surface area contributed by atoms with Gasteiger partial charge in [-0.1, -0.05) is 6.92 Å². The van der Waals surface area contributed by atoms with Crippen molar-refractivity contribution in [3.8, 4) is 0 Å². The molecular formula is C14H23N5O. The Morgan fingerprint density at radius 1 is 1.30 bits per heavy atom. The van der Waals surface area contributed by atoms with Crippen LogP contribution in [0.25, 0.3) is 0 Å². The van der Waals surface area contributed by atoms with Gasteiger partial charge in [-0.3, -0.25) is 4.79 Å². The quantitative estimate of drug-likeness (QED) is 0.874. The molecule has 0 spiro atoms. The summed E-state index contributed by atoms with van der Waals surface area (Å²) in [5.74, 6) is 2.66. The van der Waals surface area contributed by atoms with Crippen LogP contribution in [0.15, 0.2) is 6.07 Å². The molecule has 1 N–H and O–H groups in total. The van der Waals surface area contributed by atoms with Crippen molar-refractivity contribution in [1.29, 1.82) is 0 Å². The number of hydrogen-bond donors (Lipinski definition) is 1. The van der Waals surface area contributed by atoms with Crippen molar-refractivity contribution in [2.45, 2.75) is 26.7 Å². The molecule has 20 heavy (non-hydrogen) atoms. The van der Waals surface area contributed by atoms with Gasteiger partial charge < -0.3 is 15.1 Å². The van der Waals surface area contributed by atoms with Crippen molar-refractivity contribution < 1.29 is 4.79 Å². The Morgan fingerprint density at radius 3 is 2.75 bits per heavy atom. The van der Waals surface area contributed by atoms with Crippen LogP contribution >= 0.6 is 0 Å². The summed E-state index contributed by atoms with van der Waals surface area (Å²) in [6, 6.07) is 1.93. The fraction of sp³-hybridized carbons (Fsp3) is 0.643. The third-order valence-corrected chi connectivity index (χ3v) is 3.37. The number of carbonyl (C=O) groups excluding carboxylic acids is 1. The average molecular weight is 277 g/mol. The minimum Gasteiger partial charge on any atom is -0.370 e. The van der Waals surface area contributed by atoms with Crippen LogP contribution in [0.2, 0.25) is 0 Å². The number of nitrogens with zero attached hydrogens (tertiary/aromatic N) is 4. The molecule has 1 amide bonds. The molecule has 0 aromatic carbocycles. The topological polar surface area (TPSA) is 61.4 Å². The molecule has 1 aromatic heterocycles. The van der Waals surface area contributed by atoms with Crippen LogP contribution in [-0.2, 0) is 11.2 Å². The van der Waals surface area contributed by atoms with E-state index in [-0.39, 0.29) is 5.91 Å². The van der Waals surface area contributed by atoms with Crippen molar-refractivity contribution in [1.82, 2.24) is 14.9 Å². The van der Waals surface area contributed by atoms with Crippen LogP contribution in [0.4, 0.5) is 11.6 Å². The zero-order valence-electron chi connectivity index (χ0n) is 12.5. The lowest BCUT2D eigenvalue weighted by atomic mass is 10.3. The molecule has 1 aromatic rings. The fourth-order valence-electron chi connectivity index (χ4n) is 2.21. The highest BCUT2D eigenvalue weighted by Gasteiger charge is 2.22. The SMILES string of the molecule is CCCc1nc(NCC)cc(N2CCN(C)C(=O)C2)n1. The lowest BCUT2D eigenvalue weighted by Gasteiger charge is -2.33. The molecule has 0 atom stereocenters. The van der Waals surface area contributed by atoms with Gasteiger partial charge in [0.25, 0.3) is 0 Å². The number of aryl methyl sites for hydroxylation is 1. The van der Waals surface area contributed by atoms with Crippen LogP contribution in [0.1, 0.15) is 26.1 Å². The van der Waals surface area contributed by atoms with Crippen molar-refractivity contribution in [3.63, 3.8) is 0 Å². The van der Waals surface area contributed by atoms with Gasteiger partial charge in [-0.2, -0.15) is 0 Å². The molecule has 0 saturated carbocycles. The molecule has 2 rings (SSSR count). The van der Waals surface area contributed by atoms with Gasteiger partial charge in [-0.15, -0.1) is 0 Å². The molecule has 1 aliphatic rings. The van der Waals surface area contributed by atoms with E-state index in [4.69, 9.17) is 0 Å². The van der Waals surface area contributed by atoms with Crippen LogP contribution in [0.3, 0.4) is 0 Å². The largest absolute Gasteiger partial charge is 0.370 e. The first-order valence-corrected chi connectivity index (χ1v) is 7.24. The number of rotatable bonds is 5. The van der Waals surface area contributed by atoms with E-state index in [0.29, 0.717) is 6.54 Å². The minimum absolute atomic E-state index is 0.136. The maximum atomic E-state index is 11.8. The standard InChI is InChI=1S/C14H23N5O/c1-4-6-11-16-12(15-5-2)9-13(17-11)19-8-7-18(3)14(20)10-19/h9H,4-8,10H2,1-3H3,(H,15,16,17). The average Bonchev–Trinajstić information content (AvgIpc) is 2.42. The lowest BCUT2D eigenvalue weighted by molar-refractivity contribution is -0.129. The Labute approximate surface area is 120 Å². The zero-order valence-corrected chi connectivity index (χ0v) is 12.5. The molecule has 1 fully saturated rings. The van der Waals surface area contributed by atoms with Gasteiger partial charge in [0.2, 0.25) is 5.91 Å². The van der Waals surface area contributed by atoms with Crippen LogP contribution < -0.4 is 10.2 Å². The summed E-state index contributed by atoms with van der Waals surface area (Å²) < 4.78 is 0. The van der Waals surface area contributed by atoms with E-state index in [1.807, 2.05) is 24.9 Å². The normalized spacial score (nSPS) is 15.7. The molecule has 2 heterocycles. The van der Waals surface area contributed by atoms with Gasteiger partial charge in [0.15, 0.2) is 0 Å². The van der Waals surface area contributed by atoms with Gasteiger partial charge in [-0.05, 0) is 13.3 Å². The van der Waals surface area contributed by atoms with Gasteiger partial charge >= 0.3 is 0 Å². The number of piperazine rings is 1. The van der Waals surface area contributed by atoms with Crippen molar-refractivity contribution in [3.05, 3.63) is 11.9 Å². The van der Waals surface area contributed by atoms with Crippen LogP contribution in [0.5, 0.6) is 0 Å². The highest BCUT2D eigenvalue weighted by molar-refractivity contribution is 5.82. The van der Waals surface area contributed by atoms with Gasteiger partial charge in [-0.25, -0.2) is 9.97 Å². The number of nitrogens with one attached hydrogen (secondary N) is 1. The van der Waals surface area contributed by atoms with Crippen LogP contribution in [0, 0.1) is 0 Å². The highest BCUT2D eigenvalue weighted by Crippen LogP contribution is 2.18. The Kier molecular flexibility index (Phi) is 4.76. The summed E-state index contributed by atoms with van der Waals surface area (Å²) in [6.07, 6.45) is 1.87. The number of amides is 1. The minimum atomic E-state index is 0.136. The van der Waals surface area contributed by atoms with E-state index in [2.05, 4.69) is 22.2 Å². The second-order valence-electron chi connectivity index (χ2n) is 5.04. The van der Waals surface area contributed by atoms with Crippen molar-refractivity contribution in [2.24, 2.45) is 0 Å². The van der Waals surface area contributed by atoms with Crippen LogP contribution in [-0.4, -0.2) is 54.0 Å². The molecule has 1 saturated heterocycles. The number of likely N-dealkylation sites (N-methyl/N-ethyl adjacent to an activating group) is 1. The van der Waals surface area contributed by atoms with Gasteiger partial charge in [0, 0.05) is 39.2 Å². The Hall–Kier alpha value is -1.85. The first-order valence-electron chi connectivity index (χ1n) is 7.24. The van der Waals surface area contributed by atoms with E-state index < -0.39 is 0 Å². The highest BCUT2D eigenvalue weighted by atomic mass is 16.2. The summed E-state index contributed by atoms with van der Waals surface area (Å²) >= 11 is 0. The number of anilines is 2. The summed E-state index contributed by atoms with van der Waals surface area (Å²) in [6.45, 7) is 6.93. The molecule has 1 aliphatic heterocycles. The summed E-state index contributed by atoms with van der Waals surface area (Å²) in [5.41, 5.74) is 0. The monoisotopic (exact) mass is 277 g/mol. The Balaban J connectivity index is 2.23. The molecule has 0 unspecified atom stereocenters. The molecule has 6 nitrogen and oxygen atoms in total. The maximum Gasteiger partial charge on any atom is 0.241 e. The van der Waals surface area contributed by atoms with E-state index in [1.165, 1.54) is 0 Å². The maximum absolute atomic E-state index is 11.8. The molecule has 0 aliphatic carbocycles. The predicted molar refractivity (Wildman–Crippen MR) is 80.0 cm³/mol.